The number of hydrogen-bond donors (Lipinski definition) is 1. The fraction of sp³-hybridized carbons (Fsp3) is 0.476. The lowest BCUT2D eigenvalue weighted by molar-refractivity contribution is 0.0602. The topological polar surface area (TPSA) is 79.9 Å². The average molecular weight is 366 g/mol. The SMILES string of the molecule is CC(C)C(Oc1ncc(C(=O)c2ccc(C#N)cc2)n1C)C1CCNCC1. The van der Waals surface area contributed by atoms with Crippen LogP contribution in [0, 0.1) is 23.2 Å². The van der Waals surface area contributed by atoms with Gasteiger partial charge in [-0.05, 0) is 62.0 Å². The van der Waals surface area contributed by atoms with E-state index in [2.05, 4.69) is 30.2 Å². The summed E-state index contributed by atoms with van der Waals surface area (Å²) in [5.41, 5.74) is 1.53. The molecule has 142 valence electrons. The van der Waals surface area contributed by atoms with E-state index in [0.29, 0.717) is 34.7 Å². The number of rotatable bonds is 6. The van der Waals surface area contributed by atoms with Gasteiger partial charge in [0.05, 0.1) is 17.8 Å². The maximum Gasteiger partial charge on any atom is 0.296 e. The van der Waals surface area contributed by atoms with Gasteiger partial charge < -0.3 is 10.1 Å². The maximum atomic E-state index is 12.8. The summed E-state index contributed by atoms with van der Waals surface area (Å²) in [6.07, 6.45) is 3.82. The molecule has 1 aliphatic rings. The molecule has 1 aromatic carbocycles. The van der Waals surface area contributed by atoms with E-state index < -0.39 is 0 Å². The predicted molar refractivity (Wildman–Crippen MR) is 103 cm³/mol. The van der Waals surface area contributed by atoms with Crippen molar-refractivity contribution < 1.29 is 9.53 Å². The van der Waals surface area contributed by atoms with Gasteiger partial charge in [0.25, 0.3) is 6.01 Å². The number of ether oxygens (including phenoxy) is 1. The Hall–Kier alpha value is -2.65. The summed E-state index contributed by atoms with van der Waals surface area (Å²) >= 11 is 0. The molecule has 27 heavy (non-hydrogen) atoms. The second-order valence-corrected chi connectivity index (χ2v) is 7.42. The number of nitriles is 1. The number of nitrogens with zero attached hydrogens (tertiary/aromatic N) is 3. The highest BCUT2D eigenvalue weighted by molar-refractivity contribution is 6.07. The standard InChI is InChI=1S/C21H26N4O2/c1-14(2)20(17-8-10-23-11-9-17)27-21-24-13-18(25(21)3)19(26)16-6-4-15(12-22)5-7-16/h4-7,13-14,17,20,23H,8-11H2,1-3H3. The average Bonchev–Trinajstić information content (AvgIpc) is 3.06. The van der Waals surface area contributed by atoms with Crippen molar-refractivity contribution >= 4 is 5.78 Å². The summed E-state index contributed by atoms with van der Waals surface area (Å²) in [6, 6.07) is 9.16. The molecule has 0 bridgehead atoms. The van der Waals surface area contributed by atoms with Crippen molar-refractivity contribution in [3.63, 3.8) is 0 Å². The van der Waals surface area contributed by atoms with Crippen LogP contribution in [-0.2, 0) is 7.05 Å². The summed E-state index contributed by atoms with van der Waals surface area (Å²) in [4.78, 5) is 17.2. The zero-order valence-corrected chi connectivity index (χ0v) is 16.1. The second-order valence-electron chi connectivity index (χ2n) is 7.42. The molecule has 0 amide bonds. The zero-order chi connectivity index (χ0) is 19.4. The molecule has 1 aliphatic heterocycles. The summed E-state index contributed by atoms with van der Waals surface area (Å²) in [5.74, 6) is 0.718. The van der Waals surface area contributed by atoms with Crippen molar-refractivity contribution in [1.29, 1.82) is 5.26 Å². The first-order chi connectivity index (χ1) is 13.0. The number of benzene rings is 1. The Labute approximate surface area is 160 Å². The predicted octanol–water partition coefficient (Wildman–Crippen LogP) is 2.93. The molecule has 1 unspecified atom stereocenters. The number of hydrogen-bond acceptors (Lipinski definition) is 5. The Morgan fingerprint density at radius 2 is 1.96 bits per heavy atom. The van der Waals surface area contributed by atoms with Gasteiger partial charge in [-0.2, -0.15) is 5.26 Å². The van der Waals surface area contributed by atoms with Crippen LogP contribution >= 0.6 is 0 Å². The van der Waals surface area contributed by atoms with Crippen LogP contribution in [0.4, 0.5) is 0 Å². The fourth-order valence-corrected chi connectivity index (χ4v) is 3.63. The van der Waals surface area contributed by atoms with Gasteiger partial charge in [0.15, 0.2) is 0 Å². The molecular formula is C21H26N4O2. The molecule has 1 fully saturated rings. The van der Waals surface area contributed by atoms with Crippen LogP contribution in [-0.4, -0.2) is 34.5 Å². The molecule has 1 aromatic heterocycles. The third-order valence-electron chi connectivity index (χ3n) is 5.20. The van der Waals surface area contributed by atoms with Crippen LogP contribution in [0.1, 0.15) is 48.3 Å². The summed E-state index contributed by atoms with van der Waals surface area (Å²) in [7, 11) is 1.80. The Kier molecular flexibility index (Phi) is 5.92. The Bertz CT molecular complexity index is 827. The van der Waals surface area contributed by atoms with Crippen molar-refractivity contribution in [2.45, 2.75) is 32.8 Å². The number of carbonyl (C=O) groups excluding carboxylic acids is 1. The van der Waals surface area contributed by atoms with Crippen molar-refractivity contribution in [3.8, 4) is 12.1 Å². The van der Waals surface area contributed by atoms with Crippen LogP contribution in [0.15, 0.2) is 30.5 Å². The molecule has 6 heteroatoms. The Morgan fingerprint density at radius 3 is 2.56 bits per heavy atom. The minimum absolute atomic E-state index is 0.0751. The lowest BCUT2D eigenvalue weighted by Crippen LogP contribution is -2.40. The Balaban J connectivity index is 1.79. The molecule has 2 heterocycles. The van der Waals surface area contributed by atoms with E-state index in [0.717, 1.165) is 25.9 Å². The first-order valence-corrected chi connectivity index (χ1v) is 9.45. The van der Waals surface area contributed by atoms with Gasteiger partial charge in [-0.3, -0.25) is 9.36 Å². The lowest BCUT2D eigenvalue weighted by atomic mass is 9.86. The monoisotopic (exact) mass is 366 g/mol. The van der Waals surface area contributed by atoms with Crippen LogP contribution in [0.25, 0.3) is 0 Å². The van der Waals surface area contributed by atoms with Crippen molar-refractivity contribution in [1.82, 2.24) is 14.9 Å². The zero-order valence-electron chi connectivity index (χ0n) is 16.1. The molecule has 1 N–H and O–H groups in total. The third-order valence-corrected chi connectivity index (χ3v) is 5.20. The van der Waals surface area contributed by atoms with E-state index >= 15 is 0 Å². The highest BCUT2D eigenvalue weighted by Crippen LogP contribution is 2.27. The fourth-order valence-electron chi connectivity index (χ4n) is 3.63. The van der Waals surface area contributed by atoms with Crippen LogP contribution in [0.3, 0.4) is 0 Å². The first-order valence-electron chi connectivity index (χ1n) is 9.45. The molecule has 2 aromatic rings. The van der Waals surface area contributed by atoms with E-state index in [1.165, 1.54) is 0 Å². The highest BCUT2D eigenvalue weighted by Gasteiger charge is 2.29. The van der Waals surface area contributed by atoms with Crippen LogP contribution in [0.2, 0.25) is 0 Å². The van der Waals surface area contributed by atoms with Crippen molar-refractivity contribution in [2.75, 3.05) is 13.1 Å². The van der Waals surface area contributed by atoms with Crippen LogP contribution in [0.5, 0.6) is 6.01 Å². The maximum absolute atomic E-state index is 12.8. The molecule has 0 spiro atoms. The van der Waals surface area contributed by atoms with Gasteiger partial charge in [-0.15, -0.1) is 0 Å². The van der Waals surface area contributed by atoms with Gasteiger partial charge in [-0.1, -0.05) is 13.8 Å². The molecule has 1 atom stereocenters. The molecule has 0 aliphatic carbocycles. The molecule has 6 nitrogen and oxygen atoms in total. The van der Waals surface area contributed by atoms with Gasteiger partial charge >= 0.3 is 0 Å². The molecule has 0 radical (unpaired) electrons. The number of imidazole rings is 1. The van der Waals surface area contributed by atoms with E-state index in [1.807, 2.05) is 0 Å². The quantitative estimate of drug-likeness (QED) is 0.795. The minimum Gasteiger partial charge on any atom is -0.461 e. The van der Waals surface area contributed by atoms with Crippen LogP contribution < -0.4 is 10.1 Å². The number of aromatic nitrogens is 2. The normalized spacial score (nSPS) is 16.1. The van der Waals surface area contributed by atoms with E-state index in [4.69, 9.17) is 10.00 Å². The van der Waals surface area contributed by atoms with Gasteiger partial charge in [0, 0.05) is 12.6 Å². The largest absolute Gasteiger partial charge is 0.461 e. The van der Waals surface area contributed by atoms with Crippen molar-refractivity contribution in [2.24, 2.45) is 18.9 Å². The molecule has 0 saturated carbocycles. The van der Waals surface area contributed by atoms with Gasteiger partial charge in [-0.25, -0.2) is 4.98 Å². The van der Waals surface area contributed by atoms with E-state index in [1.54, 1.807) is 42.1 Å². The summed E-state index contributed by atoms with van der Waals surface area (Å²) in [5, 5.41) is 12.3. The number of ketones is 1. The summed E-state index contributed by atoms with van der Waals surface area (Å²) in [6.45, 7) is 6.36. The summed E-state index contributed by atoms with van der Waals surface area (Å²) < 4.78 is 8.00. The number of carbonyl (C=O) groups is 1. The smallest absolute Gasteiger partial charge is 0.296 e. The molecular weight excluding hydrogens is 340 g/mol. The van der Waals surface area contributed by atoms with Crippen molar-refractivity contribution in [3.05, 3.63) is 47.3 Å². The highest BCUT2D eigenvalue weighted by atomic mass is 16.5. The third kappa shape index (κ3) is 4.20. The lowest BCUT2D eigenvalue weighted by Gasteiger charge is -2.33. The molecule has 1 saturated heterocycles. The van der Waals surface area contributed by atoms with E-state index in [9.17, 15) is 4.79 Å². The van der Waals surface area contributed by atoms with Gasteiger partial charge in [0.2, 0.25) is 5.78 Å². The van der Waals surface area contributed by atoms with Gasteiger partial charge in [0.1, 0.15) is 11.8 Å². The minimum atomic E-state index is -0.132. The number of nitrogens with one attached hydrogen (secondary N) is 1. The second kappa shape index (κ2) is 8.36. The Morgan fingerprint density at radius 1 is 1.30 bits per heavy atom. The molecule has 3 rings (SSSR count). The van der Waals surface area contributed by atoms with E-state index in [-0.39, 0.29) is 11.9 Å². The first kappa shape index (κ1) is 19.1. The number of piperidine rings is 1.